The predicted molar refractivity (Wildman–Crippen MR) is 83.9 cm³/mol. The van der Waals surface area contributed by atoms with Gasteiger partial charge in [-0.25, -0.2) is 4.98 Å². The number of anilines is 1. The van der Waals surface area contributed by atoms with Crippen molar-refractivity contribution in [2.24, 2.45) is 0 Å². The highest BCUT2D eigenvalue weighted by molar-refractivity contribution is 7.15. The van der Waals surface area contributed by atoms with Crippen molar-refractivity contribution in [1.82, 2.24) is 15.3 Å². The summed E-state index contributed by atoms with van der Waals surface area (Å²) in [6.45, 7) is 3.94. The normalized spacial score (nSPS) is 15.9. The molecular formula is C15H18N4OS. The topological polar surface area (TPSA) is 66.9 Å². The van der Waals surface area contributed by atoms with E-state index in [1.165, 1.54) is 4.88 Å². The second-order valence-electron chi connectivity index (χ2n) is 5.18. The van der Waals surface area contributed by atoms with Gasteiger partial charge in [-0.1, -0.05) is 0 Å². The van der Waals surface area contributed by atoms with E-state index in [1.807, 2.05) is 13.1 Å². The van der Waals surface area contributed by atoms with E-state index >= 15 is 0 Å². The molecule has 110 valence electrons. The average Bonchev–Trinajstić information content (AvgIpc) is 2.97. The average molecular weight is 302 g/mol. The van der Waals surface area contributed by atoms with Crippen molar-refractivity contribution in [1.29, 1.82) is 0 Å². The van der Waals surface area contributed by atoms with E-state index in [2.05, 4.69) is 20.6 Å². The Morgan fingerprint density at radius 2 is 2.19 bits per heavy atom. The molecule has 1 fully saturated rings. The van der Waals surface area contributed by atoms with Crippen LogP contribution in [0.25, 0.3) is 0 Å². The highest BCUT2D eigenvalue weighted by Gasteiger charge is 2.19. The lowest BCUT2D eigenvalue weighted by molar-refractivity contribution is 0.102. The monoisotopic (exact) mass is 302 g/mol. The number of carbonyl (C=O) groups excluding carboxylic acids is 1. The Morgan fingerprint density at radius 3 is 2.95 bits per heavy atom. The molecule has 2 aromatic heterocycles. The number of hydrogen-bond donors (Lipinski definition) is 2. The summed E-state index contributed by atoms with van der Waals surface area (Å²) in [5, 5.41) is 6.89. The molecule has 1 saturated heterocycles. The lowest BCUT2D eigenvalue weighted by Gasteiger charge is -2.20. The molecule has 1 amide bonds. The smallest absolute Gasteiger partial charge is 0.259 e. The summed E-state index contributed by atoms with van der Waals surface area (Å²) >= 11 is 1.58. The number of aromatic nitrogens is 2. The van der Waals surface area contributed by atoms with Gasteiger partial charge in [0.1, 0.15) is 0 Å². The third kappa shape index (κ3) is 3.28. The molecule has 21 heavy (non-hydrogen) atoms. The van der Waals surface area contributed by atoms with Gasteiger partial charge in [0.15, 0.2) is 5.13 Å². The van der Waals surface area contributed by atoms with Crippen molar-refractivity contribution in [3.8, 4) is 0 Å². The molecule has 6 heteroatoms. The standard InChI is InChI=1S/C15H18N4OS/c1-10-12(3-2-6-17-10)14(20)19-15-18-9-13(21-15)11-4-7-16-8-5-11/h2-3,6,9,11,16H,4-5,7-8H2,1H3,(H,18,19,20). The number of carbonyl (C=O) groups is 1. The summed E-state index contributed by atoms with van der Waals surface area (Å²) in [4.78, 5) is 22.0. The van der Waals surface area contributed by atoms with Crippen LogP contribution in [0, 0.1) is 6.92 Å². The molecule has 0 spiro atoms. The summed E-state index contributed by atoms with van der Waals surface area (Å²) in [6.07, 6.45) is 5.85. The number of aryl methyl sites for hydroxylation is 1. The third-order valence-electron chi connectivity index (χ3n) is 3.74. The predicted octanol–water partition coefficient (Wildman–Crippen LogP) is 2.57. The molecule has 0 radical (unpaired) electrons. The van der Waals surface area contributed by atoms with Gasteiger partial charge in [-0.05, 0) is 50.9 Å². The zero-order valence-corrected chi connectivity index (χ0v) is 12.7. The van der Waals surface area contributed by atoms with Crippen molar-refractivity contribution in [3.63, 3.8) is 0 Å². The summed E-state index contributed by atoms with van der Waals surface area (Å²) < 4.78 is 0. The minimum Gasteiger partial charge on any atom is -0.317 e. The molecule has 2 aromatic rings. The Kier molecular flexibility index (Phi) is 4.26. The van der Waals surface area contributed by atoms with Crippen LogP contribution in [0.1, 0.15) is 39.7 Å². The molecule has 0 unspecified atom stereocenters. The molecule has 3 heterocycles. The van der Waals surface area contributed by atoms with Crippen molar-refractivity contribution in [2.45, 2.75) is 25.7 Å². The van der Waals surface area contributed by atoms with Crippen LogP contribution in [-0.4, -0.2) is 29.0 Å². The highest BCUT2D eigenvalue weighted by Crippen LogP contribution is 2.31. The third-order valence-corrected chi connectivity index (χ3v) is 4.81. The largest absolute Gasteiger partial charge is 0.317 e. The summed E-state index contributed by atoms with van der Waals surface area (Å²) in [7, 11) is 0. The van der Waals surface area contributed by atoms with E-state index in [-0.39, 0.29) is 5.91 Å². The van der Waals surface area contributed by atoms with Crippen molar-refractivity contribution in [3.05, 3.63) is 40.7 Å². The number of rotatable bonds is 3. The zero-order chi connectivity index (χ0) is 14.7. The van der Waals surface area contributed by atoms with Crippen LogP contribution < -0.4 is 10.6 Å². The Bertz CT molecular complexity index is 634. The Hall–Kier alpha value is -1.79. The minimum absolute atomic E-state index is 0.146. The lowest BCUT2D eigenvalue weighted by atomic mass is 9.97. The van der Waals surface area contributed by atoms with Crippen LogP contribution in [0.2, 0.25) is 0 Å². The molecule has 0 saturated carbocycles. The second-order valence-corrected chi connectivity index (χ2v) is 6.24. The summed E-state index contributed by atoms with van der Waals surface area (Å²) in [5.41, 5.74) is 1.32. The Morgan fingerprint density at radius 1 is 1.38 bits per heavy atom. The second kappa shape index (κ2) is 6.32. The van der Waals surface area contributed by atoms with Crippen LogP contribution in [0.5, 0.6) is 0 Å². The molecule has 3 rings (SSSR count). The zero-order valence-electron chi connectivity index (χ0n) is 11.9. The van der Waals surface area contributed by atoms with Crippen LogP contribution >= 0.6 is 11.3 Å². The van der Waals surface area contributed by atoms with Crippen molar-refractivity contribution in [2.75, 3.05) is 18.4 Å². The molecular weight excluding hydrogens is 284 g/mol. The van der Waals surface area contributed by atoms with Crippen LogP contribution in [-0.2, 0) is 0 Å². The maximum Gasteiger partial charge on any atom is 0.259 e. The first-order valence-corrected chi connectivity index (χ1v) is 7.95. The molecule has 2 N–H and O–H groups in total. The maximum absolute atomic E-state index is 12.2. The van der Waals surface area contributed by atoms with Crippen LogP contribution in [0.3, 0.4) is 0 Å². The first-order chi connectivity index (χ1) is 10.2. The number of piperidine rings is 1. The lowest BCUT2D eigenvalue weighted by Crippen LogP contribution is -2.26. The number of nitrogens with one attached hydrogen (secondary N) is 2. The van der Waals surface area contributed by atoms with Crippen molar-refractivity contribution < 1.29 is 4.79 Å². The molecule has 0 atom stereocenters. The van der Waals surface area contributed by atoms with Crippen LogP contribution in [0.4, 0.5) is 5.13 Å². The number of nitrogens with zero attached hydrogens (tertiary/aromatic N) is 2. The number of thiazole rings is 1. The van der Waals surface area contributed by atoms with E-state index in [9.17, 15) is 4.79 Å². The van der Waals surface area contributed by atoms with Gasteiger partial charge in [0.2, 0.25) is 0 Å². The molecule has 0 bridgehead atoms. The fraction of sp³-hybridized carbons (Fsp3) is 0.400. The number of hydrogen-bond acceptors (Lipinski definition) is 5. The first kappa shape index (κ1) is 14.2. The van der Waals surface area contributed by atoms with Gasteiger partial charge < -0.3 is 5.32 Å². The van der Waals surface area contributed by atoms with Gasteiger partial charge in [0, 0.05) is 23.0 Å². The van der Waals surface area contributed by atoms with E-state index in [4.69, 9.17) is 0 Å². The van der Waals surface area contributed by atoms with Gasteiger partial charge in [-0.15, -0.1) is 11.3 Å². The SMILES string of the molecule is Cc1ncccc1C(=O)Nc1ncc(C2CCNCC2)s1. The van der Waals surface area contributed by atoms with Gasteiger partial charge >= 0.3 is 0 Å². The molecule has 5 nitrogen and oxygen atoms in total. The van der Waals surface area contributed by atoms with Gasteiger partial charge in [0.25, 0.3) is 5.91 Å². The maximum atomic E-state index is 12.2. The summed E-state index contributed by atoms with van der Waals surface area (Å²) in [6, 6.07) is 3.54. The Labute approximate surface area is 127 Å². The van der Waals surface area contributed by atoms with Gasteiger partial charge in [-0.3, -0.25) is 15.1 Å². The molecule has 0 aromatic carbocycles. The molecule has 1 aliphatic heterocycles. The van der Waals surface area contributed by atoms with Gasteiger partial charge in [-0.2, -0.15) is 0 Å². The van der Waals surface area contributed by atoms with E-state index in [0.717, 1.165) is 31.6 Å². The van der Waals surface area contributed by atoms with E-state index in [0.29, 0.717) is 16.6 Å². The fourth-order valence-electron chi connectivity index (χ4n) is 2.53. The van der Waals surface area contributed by atoms with Crippen molar-refractivity contribution >= 4 is 22.4 Å². The molecule has 1 aliphatic rings. The van der Waals surface area contributed by atoms with Gasteiger partial charge in [0.05, 0.1) is 5.56 Å². The molecule has 0 aliphatic carbocycles. The minimum atomic E-state index is -0.146. The first-order valence-electron chi connectivity index (χ1n) is 7.13. The summed E-state index contributed by atoms with van der Waals surface area (Å²) in [5.74, 6) is 0.418. The number of pyridine rings is 1. The highest BCUT2D eigenvalue weighted by atomic mass is 32.1. The van der Waals surface area contributed by atoms with E-state index in [1.54, 1.807) is 29.7 Å². The van der Waals surface area contributed by atoms with Crippen LogP contribution in [0.15, 0.2) is 24.5 Å². The quantitative estimate of drug-likeness (QED) is 0.914. The fourth-order valence-corrected chi connectivity index (χ4v) is 3.51. The number of amides is 1. The van der Waals surface area contributed by atoms with E-state index < -0.39 is 0 Å². The Balaban J connectivity index is 1.69.